The zero-order valence-corrected chi connectivity index (χ0v) is 15.9. The second-order valence-corrected chi connectivity index (χ2v) is 6.37. The molecule has 2 rings (SSSR count). The number of pyridine rings is 1. The number of rotatable bonds is 6. The van der Waals surface area contributed by atoms with Crippen molar-refractivity contribution in [2.45, 2.75) is 38.8 Å². The van der Waals surface area contributed by atoms with E-state index in [1.165, 1.54) is 0 Å². The van der Waals surface area contributed by atoms with Crippen molar-refractivity contribution in [3.8, 4) is 0 Å². The standard InChI is InChI=1S/C12H12N2O2.C6H13NO2.BH2O2/c13-10(12(15)16)7-8-3-4-11-9(6-8)2-1-5-14-11;1-4(2)3-5(7)6(8)9;2-1-3/h1-6,10H,7,13H2,(H,15,16);4-5H,3,7H2,1-2H3,(H,8,9);2-3H/t;5-;/m.0./s1. The zero-order chi connectivity index (χ0) is 21.7. The van der Waals surface area contributed by atoms with E-state index < -0.39 is 24.0 Å². The quantitative estimate of drug-likeness (QED) is 0.373. The molecular weight excluding hydrogens is 365 g/mol. The molecule has 1 radical (unpaired) electrons. The van der Waals surface area contributed by atoms with Crippen molar-refractivity contribution in [2.75, 3.05) is 0 Å². The Bertz CT molecular complexity index is 744. The summed E-state index contributed by atoms with van der Waals surface area (Å²) in [6, 6.07) is 7.91. The van der Waals surface area contributed by atoms with Crippen LogP contribution in [-0.4, -0.2) is 57.0 Å². The number of carboxylic acids is 2. The molecule has 2 aromatic rings. The van der Waals surface area contributed by atoms with Gasteiger partial charge in [-0.3, -0.25) is 14.6 Å². The summed E-state index contributed by atoms with van der Waals surface area (Å²) in [5, 5.41) is 32.0. The molecule has 0 saturated heterocycles. The third-order valence-corrected chi connectivity index (χ3v) is 3.48. The maximum Gasteiger partial charge on any atom is 0.482 e. The average Bonchev–Trinajstić information content (AvgIpc) is 2.62. The molecule has 28 heavy (non-hydrogen) atoms. The highest BCUT2D eigenvalue weighted by Crippen LogP contribution is 2.14. The van der Waals surface area contributed by atoms with Gasteiger partial charge in [-0.1, -0.05) is 26.0 Å². The summed E-state index contributed by atoms with van der Waals surface area (Å²) in [6.07, 6.45) is 2.61. The summed E-state index contributed by atoms with van der Waals surface area (Å²) in [4.78, 5) is 24.9. The second-order valence-electron chi connectivity index (χ2n) is 6.37. The third-order valence-electron chi connectivity index (χ3n) is 3.48. The first-order chi connectivity index (χ1) is 13.1. The molecule has 0 amide bonds. The average molecular weight is 392 g/mol. The van der Waals surface area contributed by atoms with Gasteiger partial charge in [-0.2, -0.15) is 0 Å². The van der Waals surface area contributed by atoms with Crippen LogP contribution in [0.2, 0.25) is 0 Å². The Morgan fingerprint density at radius 2 is 1.64 bits per heavy atom. The Balaban J connectivity index is 0.000000518. The number of carbonyl (C=O) groups is 2. The number of carboxylic acid groups (broad SMARTS) is 2. The van der Waals surface area contributed by atoms with Crippen molar-refractivity contribution >= 4 is 30.5 Å². The van der Waals surface area contributed by atoms with E-state index in [4.69, 9.17) is 31.7 Å². The van der Waals surface area contributed by atoms with E-state index in [2.05, 4.69) is 4.98 Å². The van der Waals surface area contributed by atoms with Gasteiger partial charge in [0, 0.05) is 11.6 Å². The van der Waals surface area contributed by atoms with Gasteiger partial charge < -0.3 is 31.7 Å². The van der Waals surface area contributed by atoms with Gasteiger partial charge in [-0.25, -0.2) is 0 Å². The van der Waals surface area contributed by atoms with E-state index in [0.29, 0.717) is 18.8 Å². The highest BCUT2D eigenvalue weighted by Gasteiger charge is 2.12. The van der Waals surface area contributed by atoms with Gasteiger partial charge in [0.15, 0.2) is 0 Å². The van der Waals surface area contributed by atoms with Crippen LogP contribution < -0.4 is 11.5 Å². The first-order valence-corrected chi connectivity index (χ1v) is 8.52. The molecule has 1 heterocycles. The van der Waals surface area contributed by atoms with Crippen molar-refractivity contribution < 1.29 is 29.9 Å². The van der Waals surface area contributed by atoms with Crippen LogP contribution in [0.4, 0.5) is 0 Å². The molecule has 0 spiro atoms. The second kappa shape index (κ2) is 13.6. The van der Waals surface area contributed by atoms with Gasteiger partial charge in [0.1, 0.15) is 12.1 Å². The van der Waals surface area contributed by atoms with Crippen LogP contribution in [0.5, 0.6) is 0 Å². The Morgan fingerprint density at radius 1 is 1.07 bits per heavy atom. The Kier molecular flexibility index (Phi) is 12.4. The summed E-state index contributed by atoms with van der Waals surface area (Å²) in [5.74, 6) is -1.54. The topological polar surface area (TPSA) is 180 Å². The highest BCUT2D eigenvalue weighted by molar-refractivity contribution is 6.13. The van der Waals surface area contributed by atoms with Gasteiger partial charge in [0.2, 0.25) is 0 Å². The molecule has 9 nitrogen and oxygen atoms in total. The maximum atomic E-state index is 10.6. The van der Waals surface area contributed by atoms with Crippen LogP contribution in [0.25, 0.3) is 10.9 Å². The molecule has 0 aliphatic carbocycles. The predicted octanol–water partition coefficient (Wildman–Crippen LogP) is 0.139. The van der Waals surface area contributed by atoms with E-state index in [1.807, 2.05) is 44.2 Å². The summed E-state index contributed by atoms with van der Waals surface area (Å²) >= 11 is 0. The van der Waals surface area contributed by atoms with Crippen LogP contribution in [0.3, 0.4) is 0 Å². The van der Waals surface area contributed by atoms with Crippen molar-refractivity contribution in [2.24, 2.45) is 17.4 Å². The largest absolute Gasteiger partial charge is 0.482 e. The van der Waals surface area contributed by atoms with Crippen LogP contribution in [0, 0.1) is 5.92 Å². The minimum absolute atomic E-state index is 0. The number of aromatic nitrogens is 1. The van der Waals surface area contributed by atoms with Crippen LogP contribution in [-0.2, 0) is 16.0 Å². The van der Waals surface area contributed by atoms with Gasteiger partial charge in [0.05, 0.1) is 5.52 Å². The molecule has 153 valence electrons. The number of nitrogens with two attached hydrogens (primary N) is 2. The molecule has 0 fully saturated rings. The minimum Gasteiger partial charge on any atom is -0.480 e. The molecule has 1 aromatic heterocycles. The van der Waals surface area contributed by atoms with Gasteiger partial charge in [0.25, 0.3) is 0 Å². The van der Waals surface area contributed by atoms with E-state index in [0.717, 1.165) is 16.5 Å². The lowest BCUT2D eigenvalue weighted by Gasteiger charge is -2.07. The molecule has 0 aliphatic heterocycles. The van der Waals surface area contributed by atoms with E-state index in [-0.39, 0.29) is 7.69 Å². The van der Waals surface area contributed by atoms with Gasteiger partial charge in [-0.15, -0.1) is 0 Å². The van der Waals surface area contributed by atoms with Gasteiger partial charge >= 0.3 is 19.6 Å². The Labute approximate surface area is 164 Å². The lowest BCUT2D eigenvalue weighted by Crippen LogP contribution is -2.32. The zero-order valence-electron chi connectivity index (χ0n) is 15.9. The third kappa shape index (κ3) is 10.6. The summed E-state index contributed by atoms with van der Waals surface area (Å²) < 4.78 is 0. The van der Waals surface area contributed by atoms with Gasteiger partial charge in [-0.05, 0) is 42.5 Å². The van der Waals surface area contributed by atoms with Crippen LogP contribution in [0.1, 0.15) is 25.8 Å². The molecule has 10 heteroatoms. The van der Waals surface area contributed by atoms with E-state index in [1.54, 1.807) is 6.20 Å². The molecule has 2 atom stereocenters. The molecule has 8 N–H and O–H groups in total. The van der Waals surface area contributed by atoms with Crippen molar-refractivity contribution in [1.82, 2.24) is 4.98 Å². The Hall–Kier alpha value is -2.53. The number of nitrogens with zero attached hydrogens (tertiary/aromatic N) is 1. The molecular formula is C18H27BN3O6. The number of hydrogen-bond donors (Lipinski definition) is 6. The van der Waals surface area contributed by atoms with Crippen LogP contribution in [0.15, 0.2) is 36.5 Å². The van der Waals surface area contributed by atoms with Crippen molar-refractivity contribution in [3.63, 3.8) is 0 Å². The normalized spacial score (nSPS) is 12.1. The number of fused-ring (bicyclic) bond motifs is 1. The smallest absolute Gasteiger partial charge is 0.480 e. The van der Waals surface area contributed by atoms with Crippen molar-refractivity contribution in [3.05, 3.63) is 42.1 Å². The van der Waals surface area contributed by atoms with E-state index >= 15 is 0 Å². The number of hydrogen-bond acceptors (Lipinski definition) is 7. The fraction of sp³-hybridized carbons (Fsp3) is 0.389. The first kappa shape index (κ1) is 25.5. The number of aliphatic carboxylic acids is 2. The van der Waals surface area contributed by atoms with Crippen molar-refractivity contribution in [1.29, 1.82) is 0 Å². The summed E-state index contributed by atoms with van der Waals surface area (Å²) in [6.45, 7) is 3.89. The maximum absolute atomic E-state index is 10.6. The van der Waals surface area contributed by atoms with Crippen LogP contribution >= 0.6 is 0 Å². The number of benzene rings is 1. The van der Waals surface area contributed by atoms with E-state index in [9.17, 15) is 9.59 Å². The summed E-state index contributed by atoms with van der Waals surface area (Å²) in [7, 11) is 0. The SMILES string of the molecule is CC(C)C[C@H](N)C(=O)O.NC(Cc1ccc2ncccc2c1)C(=O)O.O[B]O. The molecule has 1 aromatic carbocycles. The fourth-order valence-corrected chi connectivity index (χ4v) is 2.20. The first-order valence-electron chi connectivity index (χ1n) is 8.52. The fourth-order valence-electron chi connectivity index (χ4n) is 2.20. The minimum atomic E-state index is -0.980. The lowest BCUT2D eigenvalue weighted by molar-refractivity contribution is -0.139. The molecule has 0 saturated carbocycles. The molecule has 0 aliphatic rings. The molecule has 1 unspecified atom stereocenters. The lowest BCUT2D eigenvalue weighted by atomic mass is 10.0. The monoisotopic (exact) mass is 392 g/mol. The Morgan fingerprint density at radius 3 is 2.11 bits per heavy atom. The molecule has 0 bridgehead atoms. The highest BCUT2D eigenvalue weighted by atomic mass is 16.4. The summed E-state index contributed by atoms with van der Waals surface area (Å²) in [5.41, 5.74) is 12.5. The predicted molar refractivity (Wildman–Crippen MR) is 106 cm³/mol.